The quantitative estimate of drug-likeness (QED) is 0.0666. The molecule has 7 heterocycles. The molecule has 0 amide bonds. The number of fused-ring (bicyclic) bond motifs is 1. The molecule has 3 atom stereocenters. The first kappa shape index (κ1) is 57.2. The van der Waals surface area contributed by atoms with Gasteiger partial charge < -0.3 is 43.1 Å². The maximum absolute atomic E-state index is 18.4. The van der Waals surface area contributed by atoms with Gasteiger partial charge in [0.2, 0.25) is 5.88 Å². The number of halogens is 6. The molecule has 0 saturated carbocycles. The van der Waals surface area contributed by atoms with Crippen LogP contribution in [0.5, 0.6) is 34.9 Å². The summed E-state index contributed by atoms with van der Waals surface area (Å²) in [6, 6.07) is 28.1. The molecule has 438 valence electrons. The Labute approximate surface area is 481 Å². The Morgan fingerprint density at radius 3 is 1.71 bits per heavy atom. The number of aromatic nitrogens is 6. The average molecular weight is 1160 g/mol. The molecular weight excluding hydrogens is 1090 g/mol. The maximum Gasteiger partial charge on any atom is 0.418 e. The second-order valence-electron chi connectivity index (χ2n) is 21.2. The highest BCUT2D eigenvalue weighted by molar-refractivity contribution is 5.97. The van der Waals surface area contributed by atoms with E-state index in [1.54, 1.807) is 75.1 Å². The number of rotatable bonds is 20. The Morgan fingerprint density at radius 1 is 0.667 bits per heavy atom. The van der Waals surface area contributed by atoms with Crippen molar-refractivity contribution in [3.8, 4) is 46.3 Å². The van der Waals surface area contributed by atoms with E-state index in [1.165, 1.54) is 19.1 Å². The zero-order valence-electron chi connectivity index (χ0n) is 47.2. The lowest BCUT2D eigenvalue weighted by Crippen LogP contribution is -2.43. The first-order valence-corrected chi connectivity index (χ1v) is 27.5. The number of alkyl halides is 4. The Kier molecular flexibility index (Phi) is 16.3. The molecule has 0 radical (unpaired) electrons. The molecule has 8 aromatic rings. The van der Waals surface area contributed by atoms with Crippen molar-refractivity contribution in [2.75, 3.05) is 76.0 Å². The number of anilines is 3. The molecular formula is C62H62F6N10O6. The lowest BCUT2D eigenvalue weighted by Gasteiger charge is -2.33. The van der Waals surface area contributed by atoms with Crippen molar-refractivity contribution < 1.29 is 54.8 Å². The summed E-state index contributed by atoms with van der Waals surface area (Å²) < 4.78 is 132. The fraction of sp³-hybridized carbons (Fsp3) is 0.355. The normalized spacial score (nSPS) is 17.1. The fourth-order valence-corrected chi connectivity index (χ4v) is 11.6. The molecule has 0 aliphatic carbocycles. The first-order chi connectivity index (χ1) is 40.6. The molecule has 4 aromatic heterocycles. The number of pyridine rings is 2. The first-order valence-electron chi connectivity index (χ1n) is 27.5. The van der Waals surface area contributed by atoms with E-state index in [9.17, 15) is 0 Å². The van der Waals surface area contributed by atoms with E-state index < -0.39 is 69.4 Å². The average Bonchev–Trinajstić information content (AvgIpc) is 3.50. The van der Waals surface area contributed by atoms with Gasteiger partial charge in [0.05, 0.1) is 52.1 Å². The number of hydrogen-bond donors (Lipinski definition) is 0. The van der Waals surface area contributed by atoms with Crippen LogP contribution in [-0.2, 0) is 32.4 Å². The van der Waals surface area contributed by atoms with Crippen molar-refractivity contribution >= 4 is 28.4 Å². The van der Waals surface area contributed by atoms with Gasteiger partial charge in [-0.3, -0.25) is 9.88 Å². The molecule has 84 heavy (non-hydrogen) atoms. The van der Waals surface area contributed by atoms with Crippen LogP contribution in [0.4, 0.5) is 43.8 Å². The summed E-state index contributed by atoms with van der Waals surface area (Å²) in [5, 5.41) is -0.0784. The van der Waals surface area contributed by atoms with Crippen molar-refractivity contribution in [2.24, 2.45) is 0 Å². The fourth-order valence-electron chi connectivity index (χ4n) is 11.6. The lowest BCUT2D eigenvalue weighted by molar-refractivity contribution is -0.138. The highest BCUT2D eigenvalue weighted by atomic mass is 19.4. The molecule has 0 unspecified atom stereocenters. The highest BCUT2D eigenvalue weighted by Gasteiger charge is 2.50. The van der Waals surface area contributed by atoms with Gasteiger partial charge in [-0.1, -0.05) is 48.5 Å². The molecule has 2 fully saturated rings. The SMILES string of the molecule is COc1ccc(CN(Cc2ccc(OC)cc2)c2nccnc2[C@@H](C)N2CCOc3nc(-c4nc(N(Cc5ccc(OC)cc5)Cc5ccc(OC)cc5)c(F)c(C)c4C(F)(F)F)c(F)c4nc(OC[C@@]56CCCN5C[C@H](F)C6)nc2c34)cc1. The van der Waals surface area contributed by atoms with Crippen LogP contribution in [-0.4, -0.2) is 108 Å². The number of nitrogens with zero attached hydrogens (tertiary/aromatic N) is 10. The molecule has 16 nitrogen and oxygen atoms in total. The Bertz CT molecular complexity index is 3540. The van der Waals surface area contributed by atoms with Crippen molar-refractivity contribution in [2.45, 2.75) is 83.2 Å². The molecule has 2 saturated heterocycles. The molecule has 0 bridgehead atoms. The van der Waals surface area contributed by atoms with Crippen LogP contribution in [0.3, 0.4) is 0 Å². The monoisotopic (exact) mass is 1160 g/mol. The summed E-state index contributed by atoms with van der Waals surface area (Å²) in [5.41, 5.74) is -1.83. The van der Waals surface area contributed by atoms with Gasteiger partial charge >= 0.3 is 12.2 Å². The summed E-state index contributed by atoms with van der Waals surface area (Å²) in [6.07, 6.45) is -1.59. The van der Waals surface area contributed by atoms with Gasteiger partial charge in [-0.2, -0.15) is 23.1 Å². The van der Waals surface area contributed by atoms with Gasteiger partial charge in [0.15, 0.2) is 23.3 Å². The second-order valence-corrected chi connectivity index (χ2v) is 21.2. The predicted molar refractivity (Wildman–Crippen MR) is 304 cm³/mol. The van der Waals surface area contributed by atoms with Crippen LogP contribution in [0.15, 0.2) is 109 Å². The Hall–Kier alpha value is -8.66. The summed E-state index contributed by atoms with van der Waals surface area (Å²) in [6.45, 7) is 4.27. The zero-order valence-corrected chi connectivity index (χ0v) is 47.2. The zero-order chi connectivity index (χ0) is 58.9. The molecule has 4 aromatic carbocycles. The van der Waals surface area contributed by atoms with Crippen molar-refractivity contribution in [1.29, 1.82) is 0 Å². The Morgan fingerprint density at radius 2 is 1.19 bits per heavy atom. The van der Waals surface area contributed by atoms with Crippen LogP contribution in [0, 0.1) is 18.6 Å². The van der Waals surface area contributed by atoms with Gasteiger partial charge in [0, 0.05) is 57.1 Å². The summed E-state index contributed by atoms with van der Waals surface area (Å²) >= 11 is 0. The minimum atomic E-state index is -5.27. The minimum absolute atomic E-state index is 0.0478. The number of methoxy groups -OCH3 is 4. The van der Waals surface area contributed by atoms with Crippen LogP contribution in [0.2, 0.25) is 0 Å². The van der Waals surface area contributed by atoms with Crippen LogP contribution in [0.25, 0.3) is 22.3 Å². The summed E-state index contributed by atoms with van der Waals surface area (Å²) in [5.74, 6) is -0.354. The number of hydrogen-bond acceptors (Lipinski definition) is 16. The highest BCUT2D eigenvalue weighted by Crippen LogP contribution is 2.47. The van der Waals surface area contributed by atoms with E-state index in [2.05, 4.69) is 19.9 Å². The van der Waals surface area contributed by atoms with Gasteiger partial charge in [0.1, 0.15) is 76.2 Å². The van der Waals surface area contributed by atoms with Gasteiger partial charge in [-0.15, -0.1) is 0 Å². The van der Waals surface area contributed by atoms with Crippen LogP contribution in [0.1, 0.15) is 71.3 Å². The largest absolute Gasteiger partial charge is 0.497 e. The van der Waals surface area contributed by atoms with Crippen molar-refractivity contribution in [3.63, 3.8) is 0 Å². The molecule has 0 spiro atoms. The molecule has 3 aliphatic rings. The third kappa shape index (κ3) is 11.5. The number of benzene rings is 4. The van der Waals surface area contributed by atoms with Crippen LogP contribution < -0.4 is 43.1 Å². The summed E-state index contributed by atoms with van der Waals surface area (Å²) in [4.78, 5) is 35.9. The van der Waals surface area contributed by atoms with E-state index in [0.717, 1.165) is 24.5 Å². The maximum atomic E-state index is 18.4. The molecule has 0 N–H and O–H groups in total. The van der Waals surface area contributed by atoms with Crippen molar-refractivity contribution in [1.82, 2.24) is 34.8 Å². The van der Waals surface area contributed by atoms with E-state index in [4.69, 9.17) is 43.4 Å². The number of ether oxygens (including phenoxy) is 6. The molecule has 22 heteroatoms. The van der Waals surface area contributed by atoms with Crippen LogP contribution >= 0.6 is 0 Å². The van der Waals surface area contributed by atoms with Gasteiger partial charge in [-0.25, -0.2) is 28.1 Å². The third-order valence-corrected chi connectivity index (χ3v) is 15.9. The van der Waals surface area contributed by atoms with Gasteiger partial charge in [-0.05, 0) is 104 Å². The Balaban J connectivity index is 1.06. The smallest absolute Gasteiger partial charge is 0.418 e. The van der Waals surface area contributed by atoms with E-state index in [1.807, 2.05) is 65.3 Å². The van der Waals surface area contributed by atoms with Gasteiger partial charge in [0.25, 0.3) is 0 Å². The second kappa shape index (κ2) is 23.9. The molecule has 3 aliphatic heterocycles. The van der Waals surface area contributed by atoms with E-state index in [0.29, 0.717) is 71.7 Å². The third-order valence-electron chi connectivity index (χ3n) is 15.9. The lowest BCUT2D eigenvalue weighted by atomic mass is 9.95. The topological polar surface area (TPSA) is 146 Å². The van der Waals surface area contributed by atoms with Crippen molar-refractivity contribution in [3.05, 3.63) is 160 Å². The molecule has 11 rings (SSSR count). The van der Waals surface area contributed by atoms with E-state index in [-0.39, 0.29) is 68.9 Å². The standard InChI is InChI=1S/C62H62F6N10O6/c1-37-49(62(66,67)68)54(71-57(50(37)64)75(31-39-8-16-44(79-3)17-9-39)32-40-10-18-45(80-4)19-11-40)55-51(65)53-48-56(74-60(73-53)84-36-61-24-7-27-77(61)35-43(63)30-61)78(28-29-83-59(48)72-55)38(2)52-58(70-26-25-69-52)76(33-41-12-20-46(81-5)21-13-41)34-42-14-22-47(82-6)23-15-42/h8-23,25-26,38,43H,7,24,27-36H2,1-6H3/t38-,43-,61+/m1/s1. The summed E-state index contributed by atoms with van der Waals surface area (Å²) in [7, 11) is 6.22. The predicted octanol–water partition coefficient (Wildman–Crippen LogP) is 11.8. The van der Waals surface area contributed by atoms with E-state index >= 15 is 26.3 Å². The minimum Gasteiger partial charge on any atom is -0.497 e.